The van der Waals surface area contributed by atoms with Gasteiger partial charge in [-0.05, 0) is 18.2 Å². The fraction of sp³-hybridized carbons (Fsp3) is 0.133. The molecule has 0 bridgehead atoms. The number of methoxy groups -OCH3 is 2. The molecule has 0 heterocycles. The van der Waals surface area contributed by atoms with E-state index in [1.54, 1.807) is 6.07 Å². The minimum Gasteiger partial charge on any atom is -0.497 e. The first-order chi connectivity index (χ1) is 10.9. The van der Waals surface area contributed by atoms with Crippen LogP contribution in [0.2, 0.25) is 5.02 Å². The van der Waals surface area contributed by atoms with Gasteiger partial charge in [0, 0.05) is 23.8 Å². The van der Waals surface area contributed by atoms with Crippen LogP contribution in [0.1, 0.15) is 10.4 Å². The lowest BCUT2D eigenvalue weighted by atomic mass is 10.1. The average molecular weight is 337 g/mol. The molecule has 2 aromatic carbocycles. The van der Waals surface area contributed by atoms with E-state index in [9.17, 15) is 14.9 Å². The van der Waals surface area contributed by atoms with Crippen molar-refractivity contribution in [3.05, 3.63) is 57.1 Å². The third kappa shape index (κ3) is 3.89. The number of rotatable bonds is 5. The van der Waals surface area contributed by atoms with Crippen LogP contribution in [0, 0.1) is 10.1 Å². The summed E-state index contributed by atoms with van der Waals surface area (Å²) < 4.78 is 10.2. The van der Waals surface area contributed by atoms with E-state index in [1.807, 2.05) is 0 Å². The molecule has 0 radical (unpaired) electrons. The Labute approximate surface area is 136 Å². The summed E-state index contributed by atoms with van der Waals surface area (Å²) >= 11 is 5.95. The van der Waals surface area contributed by atoms with Crippen molar-refractivity contribution in [1.29, 1.82) is 0 Å². The zero-order valence-corrected chi connectivity index (χ0v) is 13.1. The monoisotopic (exact) mass is 336 g/mol. The number of anilines is 1. The molecule has 0 aliphatic rings. The molecule has 7 nitrogen and oxygen atoms in total. The van der Waals surface area contributed by atoms with Crippen molar-refractivity contribution in [2.75, 3.05) is 19.5 Å². The number of benzene rings is 2. The SMILES string of the molecule is COc1cc(OC)cc(C(=O)Nc2ccc([N+](=O)[O-])cc2Cl)c1. The van der Waals surface area contributed by atoms with Gasteiger partial charge in [-0.15, -0.1) is 0 Å². The van der Waals surface area contributed by atoms with Gasteiger partial charge in [0.05, 0.1) is 29.9 Å². The summed E-state index contributed by atoms with van der Waals surface area (Å²) in [4.78, 5) is 22.4. The Morgan fingerprint density at radius 3 is 2.22 bits per heavy atom. The molecule has 1 N–H and O–H groups in total. The highest BCUT2D eigenvalue weighted by Gasteiger charge is 2.14. The van der Waals surface area contributed by atoms with E-state index >= 15 is 0 Å². The Kier molecular flexibility index (Phi) is 5.02. The minimum absolute atomic E-state index is 0.0717. The van der Waals surface area contributed by atoms with Gasteiger partial charge in [0.2, 0.25) is 0 Å². The highest BCUT2D eigenvalue weighted by atomic mass is 35.5. The van der Waals surface area contributed by atoms with Gasteiger partial charge < -0.3 is 14.8 Å². The Morgan fingerprint density at radius 1 is 1.13 bits per heavy atom. The number of halogens is 1. The summed E-state index contributed by atoms with van der Waals surface area (Å²) in [7, 11) is 2.95. The van der Waals surface area contributed by atoms with Gasteiger partial charge in [-0.2, -0.15) is 0 Å². The molecule has 8 heteroatoms. The Balaban J connectivity index is 2.27. The molecule has 0 aliphatic carbocycles. The summed E-state index contributed by atoms with van der Waals surface area (Å²) in [5.41, 5.74) is 0.413. The number of ether oxygens (including phenoxy) is 2. The maximum absolute atomic E-state index is 12.3. The van der Waals surface area contributed by atoms with Crippen LogP contribution in [0.4, 0.5) is 11.4 Å². The fourth-order valence-corrected chi connectivity index (χ4v) is 2.07. The third-order valence-corrected chi connectivity index (χ3v) is 3.34. The lowest BCUT2D eigenvalue weighted by molar-refractivity contribution is -0.384. The smallest absolute Gasteiger partial charge is 0.271 e. The maximum Gasteiger partial charge on any atom is 0.271 e. The van der Waals surface area contributed by atoms with Gasteiger partial charge in [0.25, 0.3) is 11.6 Å². The van der Waals surface area contributed by atoms with Crippen LogP contribution in [0.15, 0.2) is 36.4 Å². The lowest BCUT2D eigenvalue weighted by Gasteiger charge is -2.10. The Bertz CT molecular complexity index is 741. The number of amides is 1. The maximum atomic E-state index is 12.3. The number of nitro groups is 1. The van der Waals surface area contributed by atoms with Crippen LogP contribution >= 0.6 is 11.6 Å². The Hall–Kier alpha value is -2.80. The number of non-ortho nitro benzene ring substituents is 1. The van der Waals surface area contributed by atoms with Crippen molar-refractivity contribution in [3.63, 3.8) is 0 Å². The number of carbonyl (C=O) groups is 1. The van der Waals surface area contributed by atoms with Crippen LogP contribution in [-0.4, -0.2) is 25.1 Å². The molecule has 120 valence electrons. The Morgan fingerprint density at radius 2 is 1.74 bits per heavy atom. The van der Waals surface area contributed by atoms with E-state index in [0.717, 1.165) is 0 Å². The topological polar surface area (TPSA) is 90.7 Å². The van der Waals surface area contributed by atoms with Gasteiger partial charge in [-0.3, -0.25) is 14.9 Å². The molecule has 0 spiro atoms. The molecule has 0 aliphatic heterocycles. The molecule has 0 aromatic heterocycles. The van der Waals surface area contributed by atoms with Gasteiger partial charge in [0.1, 0.15) is 11.5 Å². The molecule has 0 fully saturated rings. The second-order valence-corrected chi connectivity index (χ2v) is 4.88. The van der Waals surface area contributed by atoms with Crippen molar-refractivity contribution < 1.29 is 19.2 Å². The van der Waals surface area contributed by atoms with E-state index in [-0.39, 0.29) is 16.4 Å². The first-order valence-corrected chi connectivity index (χ1v) is 6.80. The van der Waals surface area contributed by atoms with Crippen LogP contribution in [0.25, 0.3) is 0 Å². The summed E-state index contributed by atoms with van der Waals surface area (Å²) in [5, 5.41) is 13.3. The molecular weight excluding hydrogens is 324 g/mol. The molecule has 0 saturated heterocycles. The van der Waals surface area contributed by atoms with Crippen LogP contribution in [0.5, 0.6) is 11.5 Å². The van der Waals surface area contributed by atoms with Gasteiger partial charge in [-0.1, -0.05) is 11.6 Å². The standard InChI is InChI=1S/C15H13ClN2O5/c1-22-11-5-9(6-12(8-11)23-2)15(19)17-14-4-3-10(18(20)21)7-13(14)16/h3-8H,1-2H3,(H,17,19). The first-order valence-electron chi connectivity index (χ1n) is 6.43. The van der Waals surface area contributed by atoms with Crippen LogP contribution < -0.4 is 14.8 Å². The summed E-state index contributed by atoms with van der Waals surface area (Å²) in [5.74, 6) is 0.478. The highest BCUT2D eigenvalue weighted by Crippen LogP contribution is 2.28. The zero-order chi connectivity index (χ0) is 17.0. The minimum atomic E-state index is -0.565. The van der Waals surface area contributed by atoms with Crippen molar-refractivity contribution in [3.8, 4) is 11.5 Å². The second-order valence-electron chi connectivity index (χ2n) is 4.48. The summed E-state index contributed by atoms with van der Waals surface area (Å²) in [6, 6.07) is 8.51. The van der Waals surface area contributed by atoms with E-state index in [2.05, 4.69) is 5.32 Å². The molecule has 2 aromatic rings. The fourth-order valence-electron chi connectivity index (χ4n) is 1.85. The van der Waals surface area contributed by atoms with Crippen molar-refractivity contribution in [1.82, 2.24) is 0 Å². The molecule has 1 amide bonds. The normalized spacial score (nSPS) is 10.0. The number of hydrogen-bond acceptors (Lipinski definition) is 5. The number of hydrogen-bond donors (Lipinski definition) is 1. The van der Waals surface area contributed by atoms with Crippen molar-refractivity contribution >= 4 is 28.9 Å². The molecular formula is C15H13ClN2O5. The molecule has 23 heavy (non-hydrogen) atoms. The van der Waals surface area contributed by atoms with Crippen molar-refractivity contribution in [2.45, 2.75) is 0 Å². The van der Waals surface area contributed by atoms with Crippen molar-refractivity contribution in [2.24, 2.45) is 0 Å². The largest absolute Gasteiger partial charge is 0.497 e. The summed E-state index contributed by atoms with van der Waals surface area (Å²) in [6.07, 6.45) is 0. The number of nitro benzene ring substituents is 1. The van der Waals surface area contributed by atoms with Gasteiger partial charge >= 0.3 is 0 Å². The van der Waals surface area contributed by atoms with E-state index in [0.29, 0.717) is 17.1 Å². The van der Waals surface area contributed by atoms with Gasteiger partial charge in [-0.25, -0.2) is 0 Å². The van der Waals surface area contributed by atoms with E-state index in [1.165, 1.54) is 44.6 Å². The second kappa shape index (κ2) is 6.97. The summed E-state index contributed by atoms with van der Waals surface area (Å²) in [6.45, 7) is 0. The zero-order valence-electron chi connectivity index (χ0n) is 12.3. The van der Waals surface area contributed by atoms with E-state index < -0.39 is 10.8 Å². The molecule has 0 saturated carbocycles. The van der Waals surface area contributed by atoms with Gasteiger partial charge in [0.15, 0.2) is 0 Å². The average Bonchev–Trinajstić information content (AvgIpc) is 2.55. The first kappa shape index (κ1) is 16.6. The third-order valence-electron chi connectivity index (χ3n) is 3.03. The predicted octanol–water partition coefficient (Wildman–Crippen LogP) is 3.52. The molecule has 0 unspecified atom stereocenters. The number of carbonyl (C=O) groups excluding carboxylic acids is 1. The number of nitrogens with zero attached hydrogens (tertiary/aromatic N) is 1. The molecule has 2 rings (SSSR count). The highest BCUT2D eigenvalue weighted by molar-refractivity contribution is 6.34. The number of nitrogens with one attached hydrogen (secondary N) is 1. The molecule has 0 atom stereocenters. The van der Waals surface area contributed by atoms with Crippen LogP contribution in [0.3, 0.4) is 0 Å². The van der Waals surface area contributed by atoms with E-state index in [4.69, 9.17) is 21.1 Å². The van der Waals surface area contributed by atoms with Crippen LogP contribution in [-0.2, 0) is 0 Å². The quantitative estimate of drug-likeness (QED) is 0.666. The lowest BCUT2D eigenvalue weighted by Crippen LogP contribution is -2.12. The predicted molar refractivity (Wildman–Crippen MR) is 85.6 cm³/mol.